The van der Waals surface area contributed by atoms with Crippen LogP contribution in [0.1, 0.15) is 43.2 Å². The van der Waals surface area contributed by atoms with Gasteiger partial charge in [0.2, 0.25) is 0 Å². The second kappa shape index (κ2) is 8.57. The second-order valence-electron chi connectivity index (χ2n) is 7.27. The monoisotopic (exact) mass is 392 g/mol. The Balaban J connectivity index is 1.52. The number of nitrogens with zero attached hydrogens (tertiary/aromatic N) is 1. The Kier molecular flexibility index (Phi) is 5.72. The Bertz CT molecular complexity index is 888. The van der Waals surface area contributed by atoms with Gasteiger partial charge >= 0.3 is 0 Å². The van der Waals surface area contributed by atoms with E-state index in [2.05, 4.69) is 5.32 Å². The van der Waals surface area contributed by atoms with E-state index in [9.17, 15) is 4.79 Å². The van der Waals surface area contributed by atoms with E-state index in [0.717, 1.165) is 42.6 Å². The third kappa shape index (κ3) is 4.09. The number of hydrogen-bond donors (Lipinski definition) is 1. The fourth-order valence-electron chi connectivity index (χ4n) is 3.84. The van der Waals surface area contributed by atoms with E-state index < -0.39 is 0 Å². The van der Waals surface area contributed by atoms with Gasteiger partial charge in [-0.2, -0.15) is 0 Å². The Labute approximate surface area is 171 Å². The lowest BCUT2D eigenvalue weighted by atomic mass is 9.94. The molecule has 0 aromatic heterocycles. The van der Waals surface area contributed by atoms with Crippen LogP contribution in [-0.2, 0) is 11.4 Å². The fraction of sp³-hybridized carbons (Fsp3) is 0.304. The first kappa shape index (κ1) is 18.7. The first-order chi connectivity index (χ1) is 13.7. The molecule has 0 bridgehead atoms. The predicted molar refractivity (Wildman–Crippen MR) is 115 cm³/mol. The first-order valence-electron chi connectivity index (χ1n) is 9.84. The highest BCUT2D eigenvalue weighted by Gasteiger charge is 2.36. The Morgan fingerprint density at radius 1 is 1.04 bits per heavy atom. The van der Waals surface area contributed by atoms with Gasteiger partial charge < -0.3 is 10.1 Å². The molecule has 1 aliphatic heterocycles. The molecule has 1 saturated heterocycles. The number of thiocarbonyl (C=S) groups is 1. The topological polar surface area (TPSA) is 41.6 Å². The van der Waals surface area contributed by atoms with E-state index in [4.69, 9.17) is 17.0 Å². The van der Waals surface area contributed by atoms with Crippen LogP contribution in [0.25, 0.3) is 6.08 Å². The average molecular weight is 393 g/mol. The standard InChI is InChI=1S/C23H24N2O2S/c26-22-20(24-23(28)25(22)19-12-5-2-6-13-19)15-18-11-7-8-14-21(18)27-16-17-9-3-1-4-10-17/h1,3-4,7-11,14-15,19H,2,5-6,12-13,16H2,(H,24,28)/b20-15-. The van der Waals surface area contributed by atoms with Gasteiger partial charge in [-0.1, -0.05) is 67.8 Å². The largest absolute Gasteiger partial charge is 0.488 e. The van der Waals surface area contributed by atoms with Crippen LogP contribution in [0.5, 0.6) is 5.75 Å². The molecule has 28 heavy (non-hydrogen) atoms. The molecular weight excluding hydrogens is 368 g/mol. The van der Waals surface area contributed by atoms with Crippen molar-refractivity contribution in [1.82, 2.24) is 10.2 Å². The molecule has 5 heteroatoms. The highest BCUT2D eigenvalue weighted by molar-refractivity contribution is 7.80. The summed E-state index contributed by atoms with van der Waals surface area (Å²) in [6.45, 7) is 0.481. The molecular formula is C23H24N2O2S. The van der Waals surface area contributed by atoms with E-state index in [1.165, 1.54) is 6.42 Å². The van der Waals surface area contributed by atoms with E-state index in [1.54, 1.807) is 4.90 Å². The normalized spacial score (nSPS) is 19.1. The molecule has 0 spiro atoms. The highest BCUT2D eigenvalue weighted by atomic mass is 32.1. The molecule has 0 atom stereocenters. The van der Waals surface area contributed by atoms with Crippen molar-refractivity contribution in [2.24, 2.45) is 0 Å². The average Bonchev–Trinajstić information content (AvgIpc) is 3.02. The molecule has 2 aromatic carbocycles. The third-order valence-corrected chi connectivity index (χ3v) is 5.60. The Hall–Kier alpha value is -2.66. The van der Waals surface area contributed by atoms with Crippen LogP contribution in [0.4, 0.5) is 0 Å². The zero-order valence-electron chi connectivity index (χ0n) is 15.8. The van der Waals surface area contributed by atoms with Gasteiger partial charge in [0.05, 0.1) is 0 Å². The van der Waals surface area contributed by atoms with E-state index >= 15 is 0 Å². The van der Waals surface area contributed by atoms with Crippen molar-refractivity contribution in [3.63, 3.8) is 0 Å². The first-order valence-corrected chi connectivity index (χ1v) is 10.3. The van der Waals surface area contributed by atoms with E-state index in [0.29, 0.717) is 17.4 Å². The van der Waals surface area contributed by atoms with Crippen molar-refractivity contribution < 1.29 is 9.53 Å². The molecule has 4 rings (SSSR count). The molecule has 2 fully saturated rings. The van der Waals surface area contributed by atoms with E-state index in [1.807, 2.05) is 60.7 Å². The Morgan fingerprint density at radius 3 is 2.54 bits per heavy atom. The lowest BCUT2D eigenvalue weighted by molar-refractivity contribution is -0.124. The summed E-state index contributed by atoms with van der Waals surface area (Å²) < 4.78 is 6.01. The van der Waals surface area contributed by atoms with Crippen LogP contribution in [0, 0.1) is 0 Å². The summed E-state index contributed by atoms with van der Waals surface area (Å²) in [6, 6.07) is 18.0. The number of benzene rings is 2. The molecule has 144 valence electrons. The summed E-state index contributed by atoms with van der Waals surface area (Å²) in [7, 11) is 0. The van der Waals surface area contributed by atoms with Gasteiger partial charge in [-0.3, -0.25) is 9.69 Å². The zero-order chi connectivity index (χ0) is 19.3. The quantitative estimate of drug-likeness (QED) is 0.594. The van der Waals surface area contributed by atoms with Gasteiger partial charge in [-0.15, -0.1) is 0 Å². The van der Waals surface area contributed by atoms with E-state index in [-0.39, 0.29) is 11.9 Å². The van der Waals surface area contributed by atoms with Crippen molar-refractivity contribution in [2.45, 2.75) is 44.8 Å². The molecule has 0 unspecified atom stereocenters. The van der Waals surface area contributed by atoms with Gasteiger partial charge in [0, 0.05) is 11.6 Å². The van der Waals surface area contributed by atoms with Crippen molar-refractivity contribution in [3.05, 3.63) is 71.4 Å². The molecule has 1 heterocycles. The summed E-state index contributed by atoms with van der Waals surface area (Å²) in [5, 5.41) is 3.63. The maximum Gasteiger partial charge on any atom is 0.276 e. The lowest BCUT2D eigenvalue weighted by Crippen LogP contribution is -2.41. The van der Waals surface area contributed by atoms with Gasteiger partial charge in [0.15, 0.2) is 5.11 Å². The zero-order valence-corrected chi connectivity index (χ0v) is 16.6. The van der Waals surface area contributed by atoms with Crippen LogP contribution in [0.3, 0.4) is 0 Å². The summed E-state index contributed by atoms with van der Waals surface area (Å²) in [6.07, 6.45) is 7.46. The number of amides is 1. The smallest absolute Gasteiger partial charge is 0.276 e. The number of rotatable bonds is 5. The van der Waals surface area contributed by atoms with Crippen LogP contribution in [0.2, 0.25) is 0 Å². The summed E-state index contributed by atoms with van der Waals surface area (Å²) in [5.74, 6) is 0.713. The maximum atomic E-state index is 13.0. The van der Waals surface area contributed by atoms with Crippen LogP contribution in [-0.4, -0.2) is 22.0 Å². The predicted octanol–water partition coefficient (Wildman–Crippen LogP) is 4.66. The SMILES string of the molecule is O=C1/C(=C/c2ccccc2OCc2ccccc2)NC(=S)N1C1CCCCC1. The van der Waals surface area contributed by atoms with Gasteiger partial charge in [-0.25, -0.2) is 0 Å². The lowest BCUT2D eigenvalue weighted by Gasteiger charge is -2.29. The summed E-state index contributed by atoms with van der Waals surface area (Å²) in [5.41, 5.74) is 2.48. The summed E-state index contributed by atoms with van der Waals surface area (Å²) >= 11 is 5.46. The van der Waals surface area contributed by atoms with Crippen LogP contribution < -0.4 is 10.1 Å². The van der Waals surface area contributed by atoms with Crippen molar-refractivity contribution >= 4 is 29.3 Å². The molecule has 1 amide bonds. The van der Waals surface area contributed by atoms with Crippen molar-refractivity contribution in [2.75, 3.05) is 0 Å². The third-order valence-electron chi connectivity index (χ3n) is 5.31. The van der Waals surface area contributed by atoms with Crippen LogP contribution >= 0.6 is 12.2 Å². The number of carbonyl (C=O) groups excluding carboxylic acids is 1. The van der Waals surface area contributed by atoms with Crippen LogP contribution in [0.15, 0.2) is 60.3 Å². The molecule has 4 nitrogen and oxygen atoms in total. The maximum absolute atomic E-state index is 13.0. The molecule has 1 aliphatic carbocycles. The Morgan fingerprint density at radius 2 is 1.75 bits per heavy atom. The minimum atomic E-state index is -0.0326. The number of nitrogens with one attached hydrogen (secondary N) is 1. The molecule has 2 aliphatic rings. The van der Waals surface area contributed by atoms with Gasteiger partial charge in [0.1, 0.15) is 18.1 Å². The fourth-order valence-corrected chi connectivity index (χ4v) is 4.18. The number of carbonyl (C=O) groups is 1. The summed E-state index contributed by atoms with van der Waals surface area (Å²) in [4.78, 5) is 14.7. The highest BCUT2D eigenvalue weighted by Crippen LogP contribution is 2.28. The molecule has 2 aromatic rings. The second-order valence-corrected chi connectivity index (χ2v) is 7.65. The van der Waals surface area contributed by atoms with Crippen molar-refractivity contribution in [3.8, 4) is 5.75 Å². The number of ether oxygens (including phenoxy) is 1. The van der Waals surface area contributed by atoms with Crippen molar-refractivity contribution in [1.29, 1.82) is 0 Å². The molecule has 0 radical (unpaired) electrons. The number of para-hydroxylation sites is 1. The minimum absolute atomic E-state index is 0.0326. The molecule has 1 N–H and O–H groups in total. The van der Waals surface area contributed by atoms with Gasteiger partial charge in [0.25, 0.3) is 5.91 Å². The minimum Gasteiger partial charge on any atom is -0.488 e. The molecule has 1 saturated carbocycles. The van der Waals surface area contributed by atoms with Gasteiger partial charge in [-0.05, 0) is 42.8 Å². The number of hydrogen-bond acceptors (Lipinski definition) is 3.